The lowest BCUT2D eigenvalue weighted by molar-refractivity contribution is -0.124. The van der Waals surface area contributed by atoms with Crippen LogP contribution in [0.25, 0.3) is 5.57 Å². The summed E-state index contributed by atoms with van der Waals surface area (Å²) in [6.07, 6.45) is 3.27. The highest BCUT2D eigenvalue weighted by molar-refractivity contribution is 6.31. The Morgan fingerprint density at radius 3 is 2.62 bits per heavy atom. The van der Waals surface area contributed by atoms with Gasteiger partial charge < -0.3 is 16.8 Å². The summed E-state index contributed by atoms with van der Waals surface area (Å²) in [6, 6.07) is 6.86. The number of nitrogens with zero attached hydrogens (tertiary/aromatic N) is 2. The van der Waals surface area contributed by atoms with Crippen LogP contribution in [0.2, 0.25) is 5.02 Å². The Bertz CT molecular complexity index is 1110. The maximum absolute atomic E-state index is 14.2. The normalized spacial score (nSPS) is 17.4. The van der Waals surface area contributed by atoms with Crippen LogP contribution in [0.3, 0.4) is 0 Å². The zero-order chi connectivity index (χ0) is 23.5. The Morgan fingerprint density at radius 2 is 2.03 bits per heavy atom. The van der Waals surface area contributed by atoms with Gasteiger partial charge in [0, 0.05) is 47.4 Å². The van der Waals surface area contributed by atoms with E-state index in [9.17, 15) is 18.0 Å². The van der Waals surface area contributed by atoms with Gasteiger partial charge in [-0.1, -0.05) is 24.3 Å². The Labute approximate surface area is 187 Å². The lowest BCUT2D eigenvalue weighted by Gasteiger charge is -2.46. The molecule has 1 aliphatic carbocycles. The van der Waals surface area contributed by atoms with E-state index in [2.05, 4.69) is 21.9 Å². The first-order chi connectivity index (χ1) is 15.1. The summed E-state index contributed by atoms with van der Waals surface area (Å²) in [5.74, 6) is -4.23. The molecule has 168 valence electrons. The van der Waals surface area contributed by atoms with E-state index in [1.165, 1.54) is 30.6 Å². The van der Waals surface area contributed by atoms with E-state index in [1.54, 1.807) is 12.1 Å². The molecule has 2 aromatic rings. The molecule has 0 bridgehead atoms. The van der Waals surface area contributed by atoms with Crippen molar-refractivity contribution in [1.29, 1.82) is 0 Å². The van der Waals surface area contributed by atoms with Crippen molar-refractivity contribution in [2.75, 3.05) is 6.54 Å². The molecule has 10 heteroatoms. The number of halogens is 4. The molecule has 0 unspecified atom stereocenters. The number of guanidine groups is 1. The number of pyridine rings is 1. The largest absolute Gasteiger partial charge is 0.370 e. The number of nitrogens with one attached hydrogen (secondary N) is 1. The molecule has 32 heavy (non-hydrogen) atoms. The third-order valence-electron chi connectivity index (χ3n) is 5.16. The standard InChI is InChI=1S/C22H21ClF3N5O/c1-2-13(15-8-14(19(27)32)5-6-17(15)24)9-30-20(28)31-12-21(10-22(25,26)11-21)18-16(23)4-3-7-29-18/h2-9H,1,10-12H2,(H2,27,32)(H3,28,30,31)/b13-9+. The first-order valence-electron chi connectivity index (χ1n) is 9.54. The van der Waals surface area contributed by atoms with Gasteiger partial charge in [0.25, 0.3) is 0 Å². The van der Waals surface area contributed by atoms with E-state index in [4.69, 9.17) is 23.1 Å². The molecule has 1 amide bonds. The summed E-state index contributed by atoms with van der Waals surface area (Å²) in [6.45, 7) is 3.56. The number of rotatable bonds is 7. The van der Waals surface area contributed by atoms with E-state index in [0.29, 0.717) is 5.69 Å². The number of benzene rings is 1. The second-order valence-electron chi connectivity index (χ2n) is 7.53. The van der Waals surface area contributed by atoms with Crippen molar-refractivity contribution in [2.24, 2.45) is 16.5 Å². The number of nitrogens with two attached hydrogens (primary N) is 2. The lowest BCUT2D eigenvalue weighted by atomic mass is 9.63. The molecule has 0 spiro atoms. The van der Waals surface area contributed by atoms with Gasteiger partial charge in [-0.05, 0) is 30.3 Å². The molecule has 0 saturated heterocycles. The molecule has 3 rings (SSSR count). The van der Waals surface area contributed by atoms with Crippen LogP contribution in [0, 0.1) is 5.82 Å². The van der Waals surface area contributed by atoms with Crippen LogP contribution in [0.1, 0.15) is 34.5 Å². The van der Waals surface area contributed by atoms with Crippen molar-refractivity contribution in [3.05, 3.63) is 83.0 Å². The number of amides is 1. The van der Waals surface area contributed by atoms with Crippen molar-refractivity contribution in [3.8, 4) is 0 Å². The molecule has 6 nitrogen and oxygen atoms in total. The molecule has 1 aromatic carbocycles. The summed E-state index contributed by atoms with van der Waals surface area (Å²) in [7, 11) is 0. The van der Waals surface area contributed by atoms with E-state index in [1.807, 2.05) is 0 Å². The maximum atomic E-state index is 14.2. The minimum absolute atomic E-state index is 0.0685. The summed E-state index contributed by atoms with van der Waals surface area (Å²) < 4.78 is 41.7. The van der Waals surface area contributed by atoms with Gasteiger partial charge in [-0.2, -0.15) is 0 Å². The maximum Gasteiger partial charge on any atom is 0.250 e. The Morgan fingerprint density at radius 1 is 1.31 bits per heavy atom. The second kappa shape index (κ2) is 9.04. The molecule has 1 aliphatic rings. The van der Waals surface area contributed by atoms with Gasteiger partial charge >= 0.3 is 0 Å². The van der Waals surface area contributed by atoms with Gasteiger partial charge in [0.05, 0.1) is 17.3 Å². The van der Waals surface area contributed by atoms with Crippen LogP contribution in [-0.2, 0) is 5.41 Å². The van der Waals surface area contributed by atoms with Crippen molar-refractivity contribution in [2.45, 2.75) is 24.2 Å². The van der Waals surface area contributed by atoms with Gasteiger partial charge in [-0.3, -0.25) is 14.8 Å². The Balaban J connectivity index is 1.81. The average molecular weight is 464 g/mol. The first-order valence-corrected chi connectivity index (χ1v) is 9.92. The van der Waals surface area contributed by atoms with Crippen LogP contribution < -0.4 is 16.8 Å². The number of hydrogen-bond acceptors (Lipinski definition) is 3. The SMILES string of the molecule is C=C/C(=C\NC(N)=NCC1(c2ncccc2Cl)CC(F)(F)C1)c1cc(C(N)=O)ccc1F. The van der Waals surface area contributed by atoms with Crippen LogP contribution in [-0.4, -0.2) is 29.3 Å². The predicted octanol–water partition coefficient (Wildman–Crippen LogP) is 3.77. The second-order valence-corrected chi connectivity index (χ2v) is 7.94. The van der Waals surface area contributed by atoms with Crippen LogP contribution >= 0.6 is 11.6 Å². The Hall–Kier alpha value is -3.33. The summed E-state index contributed by atoms with van der Waals surface area (Å²) in [5, 5.41) is 2.97. The van der Waals surface area contributed by atoms with E-state index in [-0.39, 0.29) is 34.2 Å². The van der Waals surface area contributed by atoms with E-state index < -0.39 is 35.9 Å². The average Bonchev–Trinajstić information content (AvgIpc) is 2.72. The molecule has 1 aromatic heterocycles. The highest BCUT2D eigenvalue weighted by atomic mass is 35.5. The molecular weight excluding hydrogens is 443 g/mol. The minimum atomic E-state index is -2.84. The molecule has 0 atom stereocenters. The fourth-order valence-electron chi connectivity index (χ4n) is 3.65. The quantitative estimate of drug-likeness (QED) is 0.330. The zero-order valence-corrected chi connectivity index (χ0v) is 17.7. The molecular formula is C22H21ClF3N5O. The number of hydrogen-bond donors (Lipinski definition) is 3. The number of allylic oxidation sites excluding steroid dienone is 2. The monoisotopic (exact) mass is 463 g/mol. The third-order valence-corrected chi connectivity index (χ3v) is 5.47. The third kappa shape index (κ3) is 4.94. The van der Waals surface area contributed by atoms with Gasteiger partial charge in [-0.15, -0.1) is 0 Å². The fraction of sp³-hybridized carbons (Fsp3) is 0.227. The molecule has 1 saturated carbocycles. The molecule has 1 fully saturated rings. The smallest absolute Gasteiger partial charge is 0.250 e. The summed E-state index contributed by atoms with van der Waals surface area (Å²) in [4.78, 5) is 19.7. The fourth-order valence-corrected chi connectivity index (χ4v) is 3.97. The van der Waals surface area contributed by atoms with Crippen molar-refractivity contribution in [1.82, 2.24) is 10.3 Å². The Kier molecular flexibility index (Phi) is 6.59. The number of primary amides is 1. The number of carbonyl (C=O) groups excluding carboxylic acids is 1. The van der Waals surface area contributed by atoms with Gasteiger partial charge in [-0.25, -0.2) is 13.2 Å². The molecule has 0 radical (unpaired) electrons. The molecule has 0 aliphatic heterocycles. The van der Waals surface area contributed by atoms with Crippen molar-refractivity contribution in [3.63, 3.8) is 0 Å². The van der Waals surface area contributed by atoms with Crippen LogP contribution in [0.5, 0.6) is 0 Å². The lowest BCUT2D eigenvalue weighted by Crippen LogP contribution is -2.52. The van der Waals surface area contributed by atoms with Gasteiger partial charge in [0.15, 0.2) is 5.96 Å². The minimum Gasteiger partial charge on any atom is -0.370 e. The summed E-state index contributed by atoms with van der Waals surface area (Å²) >= 11 is 6.18. The first kappa shape index (κ1) is 23.3. The number of carbonyl (C=O) groups is 1. The highest BCUT2D eigenvalue weighted by Crippen LogP contribution is 2.54. The van der Waals surface area contributed by atoms with Gasteiger partial charge in [0.1, 0.15) is 5.82 Å². The highest BCUT2D eigenvalue weighted by Gasteiger charge is 2.58. The van der Waals surface area contributed by atoms with Crippen LogP contribution in [0.15, 0.2) is 60.4 Å². The number of aromatic nitrogens is 1. The predicted molar refractivity (Wildman–Crippen MR) is 118 cm³/mol. The zero-order valence-electron chi connectivity index (χ0n) is 16.9. The number of aliphatic imine (C=N–C) groups is 1. The van der Waals surface area contributed by atoms with Gasteiger partial charge in [0.2, 0.25) is 11.8 Å². The summed E-state index contributed by atoms with van der Waals surface area (Å²) in [5.41, 5.74) is 10.9. The van der Waals surface area contributed by atoms with Crippen molar-refractivity contribution >= 4 is 29.0 Å². The number of alkyl halides is 2. The van der Waals surface area contributed by atoms with Crippen LogP contribution in [0.4, 0.5) is 13.2 Å². The topological polar surface area (TPSA) is 106 Å². The molecule has 1 heterocycles. The van der Waals surface area contributed by atoms with E-state index >= 15 is 0 Å². The van der Waals surface area contributed by atoms with Crippen molar-refractivity contribution < 1.29 is 18.0 Å². The molecule has 5 N–H and O–H groups in total. The van der Waals surface area contributed by atoms with E-state index in [0.717, 1.165) is 6.07 Å².